The van der Waals surface area contributed by atoms with Crippen molar-refractivity contribution in [3.8, 4) is 5.75 Å². The summed E-state index contributed by atoms with van der Waals surface area (Å²) < 4.78 is 23.7. The lowest BCUT2D eigenvalue weighted by Crippen LogP contribution is -2.31. The molecule has 150 valence electrons. The average molecular weight is 396 g/mol. The van der Waals surface area contributed by atoms with Crippen LogP contribution in [0.2, 0.25) is 0 Å². The maximum atomic E-state index is 13.3. The highest BCUT2D eigenvalue weighted by molar-refractivity contribution is 5.96. The van der Waals surface area contributed by atoms with E-state index in [4.69, 9.17) is 9.47 Å². The first-order valence-electron chi connectivity index (χ1n) is 8.98. The molecule has 0 aliphatic rings. The van der Waals surface area contributed by atoms with Gasteiger partial charge in [0.05, 0.1) is 23.9 Å². The van der Waals surface area contributed by atoms with Crippen LogP contribution in [0.15, 0.2) is 48.5 Å². The standard InChI is InChI=1S/C22H21FN2O4/c1-14-19(11-16-10-18(28-3)7-8-20(16)24-14)22(27)29-13-21(26)25(2)12-15-5-4-6-17(23)9-15/h4-11H,12-13H2,1-3H3. The highest BCUT2D eigenvalue weighted by Crippen LogP contribution is 2.22. The number of amides is 1. The molecular formula is C22H21FN2O4. The molecule has 3 rings (SSSR count). The van der Waals surface area contributed by atoms with Crippen LogP contribution in [0.3, 0.4) is 0 Å². The van der Waals surface area contributed by atoms with Crippen LogP contribution in [0.1, 0.15) is 21.6 Å². The van der Waals surface area contributed by atoms with Crippen LogP contribution in [-0.2, 0) is 16.1 Å². The summed E-state index contributed by atoms with van der Waals surface area (Å²) in [5.74, 6) is -0.745. The zero-order chi connectivity index (χ0) is 21.0. The van der Waals surface area contributed by atoms with Crippen molar-refractivity contribution in [2.75, 3.05) is 20.8 Å². The van der Waals surface area contributed by atoms with Gasteiger partial charge >= 0.3 is 5.97 Å². The van der Waals surface area contributed by atoms with E-state index in [0.29, 0.717) is 17.0 Å². The lowest BCUT2D eigenvalue weighted by atomic mass is 10.1. The summed E-state index contributed by atoms with van der Waals surface area (Å²) >= 11 is 0. The second-order valence-electron chi connectivity index (χ2n) is 6.64. The number of rotatable bonds is 6. The van der Waals surface area contributed by atoms with E-state index < -0.39 is 18.5 Å². The highest BCUT2D eigenvalue weighted by Gasteiger charge is 2.17. The van der Waals surface area contributed by atoms with E-state index in [9.17, 15) is 14.0 Å². The monoisotopic (exact) mass is 396 g/mol. The maximum absolute atomic E-state index is 13.3. The Bertz CT molecular complexity index is 1070. The summed E-state index contributed by atoms with van der Waals surface area (Å²) in [4.78, 5) is 30.5. The van der Waals surface area contributed by atoms with Crippen LogP contribution in [0.4, 0.5) is 4.39 Å². The first kappa shape index (κ1) is 20.3. The minimum atomic E-state index is -0.632. The first-order valence-corrected chi connectivity index (χ1v) is 8.98. The molecule has 0 fully saturated rings. The fraction of sp³-hybridized carbons (Fsp3) is 0.227. The van der Waals surface area contributed by atoms with Gasteiger partial charge in [-0.25, -0.2) is 9.18 Å². The Kier molecular flexibility index (Phi) is 6.07. The first-order chi connectivity index (χ1) is 13.9. The summed E-state index contributed by atoms with van der Waals surface area (Å²) in [5, 5.41) is 0.733. The molecule has 6 nitrogen and oxygen atoms in total. The predicted molar refractivity (Wildman–Crippen MR) is 106 cm³/mol. The Labute approximate surface area is 167 Å². The van der Waals surface area contributed by atoms with Gasteiger partial charge in [-0.3, -0.25) is 9.78 Å². The SMILES string of the molecule is COc1ccc2nc(C)c(C(=O)OCC(=O)N(C)Cc3cccc(F)c3)cc2c1. The third kappa shape index (κ3) is 4.87. The van der Waals surface area contributed by atoms with E-state index in [1.807, 2.05) is 0 Å². The normalized spacial score (nSPS) is 10.6. The smallest absolute Gasteiger partial charge is 0.340 e. The lowest BCUT2D eigenvalue weighted by molar-refractivity contribution is -0.133. The minimum absolute atomic E-state index is 0.213. The van der Waals surface area contributed by atoms with Crippen LogP contribution in [0.25, 0.3) is 10.9 Å². The number of halogens is 1. The van der Waals surface area contributed by atoms with E-state index in [2.05, 4.69) is 4.98 Å². The minimum Gasteiger partial charge on any atom is -0.497 e. The van der Waals surface area contributed by atoms with Gasteiger partial charge in [-0.15, -0.1) is 0 Å². The quantitative estimate of drug-likeness (QED) is 0.597. The van der Waals surface area contributed by atoms with Gasteiger partial charge in [-0.05, 0) is 48.9 Å². The van der Waals surface area contributed by atoms with Crippen LogP contribution in [0, 0.1) is 12.7 Å². The number of ether oxygens (including phenoxy) is 2. The van der Waals surface area contributed by atoms with Gasteiger partial charge in [0, 0.05) is 19.0 Å². The van der Waals surface area contributed by atoms with Crippen LogP contribution < -0.4 is 4.74 Å². The summed E-state index contributed by atoms with van der Waals surface area (Å²) in [7, 11) is 3.13. The number of aryl methyl sites for hydroxylation is 1. The van der Waals surface area contributed by atoms with Gasteiger partial charge < -0.3 is 14.4 Å². The van der Waals surface area contributed by atoms with Gasteiger partial charge in [0.1, 0.15) is 11.6 Å². The Hall–Kier alpha value is -3.48. The van der Waals surface area contributed by atoms with E-state index in [1.54, 1.807) is 57.5 Å². The van der Waals surface area contributed by atoms with E-state index in [0.717, 1.165) is 10.9 Å². The number of carbonyl (C=O) groups is 2. The Morgan fingerprint density at radius 1 is 1.14 bits per heavy atom. The number of esters is 1. The summed E-state index contributed by atoms with van der Waals surface area (Å²) in [6.07, 6.45) is 0. The molecule has 29 heavy (non-hydrogen) atoms. The van der Waals surface area contributed by atoms with Crippen molar-refractivity contribution >= 4 is 22.8 Å². The van der Waals surface area contributed by atoms with Gasteiger partial charge in [0.2, 0.25) is 0 Å². The molecule has 0 saturated heterocycles. The summed E-state index contributed by atoms with van der Waals surface area (Å²) in [5.41, 5.74) is 2.17. The van der Waals surface area contributed by atoms with Crippen LogP contribution in [0.5, 0.6) is 5.75 Å². The number of carbonyl (C=O) groups excluding carboxylic acids is 2. The molecule has 0 aliphatic heterocycles. The lowest BCUT2D eigenvalue weighted by Gasteiger charge is -2.17. The number of aromatic nitrogens is 1. The molecule has 0 aliphatic carbocycles. The number of benzene rings is 2. The van der Waals surface area contributed by atoms with E-state index in [1.165, 1.54) is 17.0 Å². The molecule has 0 N–H and O–H groups in total. The van der Waals surface area contributed by atoms with Crippen molar-refractivity contribution in [1.82, 2.24) is 9.88 Å². The van der Waals surface area contributed by atoms with Gasteiger partial charge in [-0.2, -0.15) is 0 Å². The zero-order valence-corrected chi connectivity index (χ0v) is 16.4. The number of likely N-dealkylation sites (N-methyl/N-ethyl adjacent to an activating group) is 1. The third-order valence-corrected chi connectivity index (χ3v) is 4.49. The fourth-order valence-corrected chi connectivity index (χ4v) is 2.90. The number of nitrogens with zero attached hydrogens (tertiary/aromatic N) is 2. The molecule has 0 bridgehead atoms. The van der Waals surface area contributed by atoms with Crippen molar-refractivity contribution in [3.63, 3.8) is 0 Å². The van der Waals surface area contributed by atoms with Crippen LogP contribution >= 0.6 is 0 Å². The molecule has 1 aromatic heterocycles. The number of hydrogen-bond acceptors (Lipinski definition) is 5. The van der Waals surface area contributed by atoms with Gasteiger partial charge in [0.25, 0.3) is 5.91 Å². The second kappa shape index (κ2) is 8.68. The molecule has 3 aromatic rings. The molecule has 2 aromatic carbocycles. The van der Waals surface area contributed by atoms with E-state index in [-0.39, 0.29) is 17.9 Å². The molecule has 1 amide bonds. The summed E-state index contributed by atoms with van der Waals surface area (Å²) in [6.45, 7) is 1.50. The Morgan fingerprint density at radius 2 is 1.93 bits per heavy atom. The fourth-order valence-electron chi connectivity index (χ4n) is 2.90. The van der Waals surface area contributed by atoms with Gasteiger partial charge in [0.15, 0.2) is 6.61 Å². The van der Waals surface area contributed by atoms with Crippen molar-refractivity contribution < 1.29 is 23.5 Å². The van der Waals surface area contributed by atoms with Crippen LogP contribution in [-0.4, -0.2) is 42.5 Å². The second-order valence-corrected chi connectivity index (χ2v) is 6.64. The molecule has 0 spiro atoms. The Morgan fingerprint density at radius 3 is 2.66 bits per heavy atom. The predicted octanol–water partition coefficient (Wildman–Crippen LogP) is 3.51. The number of hydrogen-bond donors (Lipinski definition) is 0. The molecule has 1 heterocycles. The number of fused-ring (bicyclic) bond motifs is 1. The highest BCUT2D eigenvalue weighted by atomic mass is 19.1. The van der Waals surface area contributed by atoms with Gasteiger partial charge in [-0.1, -0.05) is 12.1 Å². The molecular weight excluding hydrogens is 375 g/mol. The zero-order valence-electron chi connectivity index (χ0n) is 16.4. The largest absolute Gasteiger partial charge is 0.497 e. The summed E-state index contributed by atoms with van der Waals surface area (Å²) in [6, 6.07) is 13.0. The topological polar surface area (TPSA) is 68.7 Å². The third-order valence-electron chi connectivity index (χ3n) is 4.49. The Balaban J connectivity index is 1.66. The van der Waals surface area contributed by atoms with Crippen molar-refractivity contribution in [2.45, 2.75) is 13.5 Å². The maximum Gasteiger partial charge on any atom is 0.340 e. The van der Waals surface area contributed by atoms with Crippen molar-refractivity contribution in [3.05, 3.63) is 71.2 Å². The molecule has 0 atom stereocenters. The molecule has 0 unspecified atom stereocenters. The van der Waals surface area contributed by atoms with E-state index >= 15 is 0 Å². The molecule has 0 saturated carbocycles. The van der Waals surface area contributed by atoms with Crippen molar-refractivity contribution in [2.24, 2.45) is 0 Å². The number of methoxy groups -OCH3 is 1. The van der Waals surface area contributed by atoms with Crippen molar-refractivity contribution in [1.29, 1.82) is 0 Å². The molecule has 7 heteroatoms. The number of pyridine rings is 1. The molecule has 0 radical (unpaired) electrons. The average Bonchev–Trinajstić information content (AvgIpc) is 2.70.